The molecule has 1 amide bonds. The van der Waals surface area contributed by atoms with Gasteiger partial charge < -0.3 is 15.3 Å². The van der Waals surface area contributed by atoms with E-state index in [1.165, 1.54) is 0 Å². The number of nitrogens with zero attached hydrogens (tertiary/aromatic N) is 4. The maximum Gasteiger partial charge on any atom is 0.220 e. The Balaban J connectivity index is 1.43. The SMILES string of the molecule is CN1C[C@@H](CC(=O)NCCc2cnn(-c3ccccc3)n2)[C@H](O)C1. The van der Waals surface area contributed by atoms with Crippen LogP contribution in [0.15, 0.2) is 36.5 Å². The van der Waals surface area contributed by atoms with Crippen LogP contribution in [0.25, 0.3) is 5.69 Å². The lowest BCUT2D eigenvalue weighted by atomic mass is 10.0. The highest BCUT2D eigenvalue weighted by atomic mass is 16.3. The summed E-state index contributed by atoms with van der Waals surface area (Å²) in [7, 11) is 1.96. The maximum absolute atomic E-state index is 12.0. The third-order valence-electron chi connectivity index (χ3n) is 4.27. The largest absolute Gasteiger partial charge is 0.391 e. The van der Waals surface area contributed by atoms with Crippen molar-refractivity contribution in [2.24, 2.45) is 5.92 Å². The van der Waals surface area contributed by atoms with E-state index in [-0.39, 0.29) is 11.8 Å². The second-order valence-electron chi connectivity index (χ2n) is 6.31. The van der Waals surface area contributed by atoms with Gasteiger partial charge in [-0.2, -0.15) is 15.0 Å². The molecule has 0 bridgehead atoms. The molecule has 0 spiro atoms. The molecule has 2 N–H and O–H groups in total. The molecule has 1 saturated heterocycles. The second kappa shape index (κ2) is 7.55. The van der Waals surface area contributed by atoms with Gasteiger partial charge in [0.1, 0.15) is 0 Å². The number of aliphatic hydroxyl groups is 1. The highest BCUT2D eigenvalue weighted by molar-refractivity contribution is 5.76. The fraction of sp³-hybridized carbons (Fsp3) is 0.471. The van der Waals surface area contributed by atoms with Crippen LogP contribution >= 0.6 is 0 Å². The van der Waals surface area contributed by atoms with Gasteiger partial charge in [-0.1, -0.05) is 18.2 Å². The molecule has 3 rings (SSSR count). The molecule has 1 aliphatic heterocycles. The highest BCUT2D eigenvalue weighted by Gasteiger charge is 2.30. The van der Waals surface area contributed by atoms with E-state index in [1.54, 1.807) is 11.0 Å². The van der Waals surface area contributed by atoms with E-state index in [1.807, 2.05) is 42.3 Å². The quantitative estimate of drug-likeness (QED) is 0.793. The number of hydrogen-bond donors (Lipinski definition) is 2. The van der Waals surface area contributed by atoms with Gasteiger partial charge in [0.05, 0.1) is 23.7 Å². The van der Waals surface area contributed by atoms with E-state index in [0.717, 1.165) is 17.9 Å². The van der Waals surface area contributed by atoms with Gasteiger partial charge in [-0.25, -0.2) is 0 Å². The molecule has 0 unspecified atom stereocenters. The van der Waals surface area contributed by atoms with E-state index in [4.69, 9.17) is 0 Å². The predicted molar refractivity (Wildman–Crippen MR) is 89.7 cm³/mol. The zero-order valence-corrected chi connectivity index (χ0v) is 13.8. The summed E-state index contributed by atoms with van der Waals surface area (Å²) in [5, 5.41) is 21.4. The van der Waals surface area contributed by atoms with Crippen molar-refractivity contribution < 1.29 is 9.90 Å². The smallest absolute Gasteiger partial charge is 0.220 e. The number of amides is 1. The first-order valence-electron chi connectivity index (χ1n) is 8.22. The molecule has 128 valence electrons. The number of aliphatic hydroxyl groups excluding tert-OH is 1. The average Bonchev–Trinajstić information content (AvgIpc) is 3.15. The fourth-order valence-corrected chi connectivity index (χ4v) is 3.00. The third kappa shape index (κ3) is 4.18. The van der Waals surface area contributed by atoms with Gasteiger partial charge >= 0.3 is 0 Å². The van der Waals surface area contributed by atoms with Gasteiger partial charge in [-0.05, 0) is 19.2 Å². The van der Waals surface area contributed by atoms with Gasteiger partial charge in [0, 0.05) is 38.4 Å². The monoisotopic (exact) mass is 329 g/mol. The van der Waals surface area contributed by atoms with Crippen molar-refractivity contribution in [2.45, 2.75) is 18.9 Å². The van der Waals surface area contributed by atoms with Crippen LogP contribution in [0.3, 0.4) is 0 Å². The van der Waals surface area contributed by atoms with Crippen molar-refractivity contribution >= 4 is 5.91 Å². The lowest BCUT2D eigenvalue weighted by molar-refractivity contribution is -0.122. The number of carbonyl (C=O) groups is 1. The zero-order chi connectivity index (χ0) is 16.9. The number of β-amino-alcohol motifs (C(OH)–C–C–N with tert-alkyl or cyclic N) is 1. The molecule has 2 atom stereocenters. The van der Waals surface area contributed by atoms with Gasteiger partial charge in [-0.15, -0.1) is 0 Å². The Kier molecular flexibility index (Phi) is 5.22. The summed E-state index contributed by atoms with van der Waals surface area (Å²) in [6.07, 6.45) is 2.30. The number of rotatable bonds is 6. The Morgan fingerprint density at radius 3 is 2.83 bits per heavy atom. The minimum Gasteiger partial charge on any atom is -0.391 e. The first-order chi connectivity index (χ1) is 11.6. The lowest BCUT2D eigenvalue weighted by Gasteiger charge is -2.12. The number of hydrogen-bond acceptors (Lipinski definition) is 5. The topological polar surface area (TPSA) is 83.3 Å². The molecule has 0 radical (unpaired) electrons. The first kappa shape index (κ1) is 16.6. The molecule has 2 heterocycles. The number of aromatic nitrogens is 3. The summed E-state index contributed by atoms with van der Waals surface area (Å²) in [6.45, 7) is 1.92. The van der Waals surface area contributed by atoms with Gasteiger partial charge in [0.2, 0.25) is 5.91 Å². The number of benzene rings is 1. The Labute approximate surface area is 141 Å². The van der Waals surface area contributed by atoms with Crippen LogP contribution in [0.4, 0.5) is 0 Å². The summed E-state index contributed by atoms with van der Waals surface area (Å²) in [4.78, 5) is 15.6. The van der Waals surface area contributed by atoms with Gasteiger partial charge in [0.25, 0.3) is 0 Å². The predicted octanol–water partition coefficient (Wildman–Crippen LogP) is 0.239. The van der Waals surface area contributed by atoms with Crippen LogP contribution < -0.4 is 5.32 Å². The van der Waals surface area contributed by atoms with Crippen molar-refractivity contribution in [1.82, 2.24) is 25.2 Å². The molecule has 7 heteroatoms. The number of likely N-dealkylation sites (tertiary alicyclic amines) is 1. The molecule has 24 heavy (non-hydrogen) atoms. The Bertz CT molecular complexity index is 673. The standard InChI is InChI=1S/C17H23N5O2/c1-21-11-13(16(23)12-21)9-17(24)18-8-7-14-10-19-22(20-14)15-5-3-2-4-6-15/h2-6,10,13,16,23H,7-9,11-12H2,1H3,(H,18,24)/t13-,16-/m1/s1. The molecule has 0 saturated carbocycles. The second-order valence-corrected chi connectivity index (χ2v) is 6.31. The van der Waals surface area contributed by atoms with Crippen LogP contribution in [-0.2, 0) is 11.2 Å². The number of para-hydroxylation sites is 1. The summed E-state index contributed by atoms with van der Waals surface area (Å²) in [5.41, 5.74) is 1.74. The molecule has 1 aromatic heterocycles. The normalized spacial score (nSPS) is 21.1. The summed E-state index contributed by atoms with van der Waals surface area (Å²) in [5.74, 6) is -0.00115. The minimum absolute atomic E-state index is 0.0222. The Morgan fingerprint density at radius 2 is 2.12 bits per heavy atom. The van der Waals surface area contributed by atoms with Crippen molar-refractivity contribution in [1.29, 1.82) is 0 Å². The minimum atomic E-state index is -0.411. The maximum atomic E-state index is 12.0. The van der Waals surface area contributed by atoms with Crippen LogP contribution in [0.5, 0.6) is 0 Å². The molecule has 7 nitrogen and oxygen atoms in total. The van der Waals surface area contributed by atoms with Crippen LogP contribution in [0, 0.1) is 5.92 Å². The zero-order valence-electron chi connectivity index (χ0n) is 13.8. The lowest BCUT2D eigenvalue weighted by Crippen LogP contribution is -2.30. The third-order valence-corrected chi connectivity index (χ3v) is 4.27. The molecule has 1 aliphatic rings. The van der Waals surface area contributed by atoms with Crippen molar-refractivity contribution in [3.8, 4) is 5.69 Å². The number of carbonyl (C=O) groups excluding carboxylic acids is 1. The number of nitrogens with one attached hydrogen (secondary N) is 1. The molecular weight excluding hydrogens is 306 g/mol. The van der Waals surface area contributed by atoms with Crippen LogP contribution in [0.2, 0.25) is 0 Å². The summed E-state index contributed by atoms with van der Waals surface area (Å²) >= 11 is 0. The molecule has 0 aliphatic carbocycles. The molecule has 2 aromatic rings. The Morgan fingerprint density at radius 1 is 1.33 bits per heavy atom. The van der Waals surface area contributed by atoms with E-state index >= 15 is 0 Å². The average molecular weight is 329 g/mol. The number of likely N-dealkylation sites (N-methyl/N-ethyl adjacent to an activating group) is 1. The van der Waals surface area contributed by atoms with Crippen LogP contribution in [0.1, 0.15) is 12.1 Å². The van der Waals surface area contributed by atoms with Crippen molar-refractivity contribution in [3.63, 3.8) is 0 Å². The molecule has 1 fully saturated rings. The van der Waals surface area contributed by atoms with Crippen molar-refractivity contribution in [3.05, 3.63) is 42.2 Å². The van der Waals surface area contributed by atoms with Gasteiger partial charge in [-0.3, -0.25) is 4.79 Å². The molecule has 1 aromatic carbocycles. The van der Waals surface area contributed by atoms with Crippen molar-refractivity contribution in [2.75, 3.05) is 26.7 Å². The van der Waals surface area contributed by atoms with E-state index in [9.17, 15) is 9.90 Å². The van der Waals surface area contributed by atoms with E-state index < -0.39 is 6.10 Å². The van der Waals surface area contributed by atoms with Gasteiger partial charge in [0.15, 0.2) is 0 Å². The fourth-order valence-electron chi connectivity index (χ4n) is 3.00. The summed E-state index contributed by atoms with van der Waals surface area (Å²) < 4.78 is 0. The highest BCUT2D eigenvalue weighted by Crippen LogP contribution is 2.18. The first-order valence-corrected chi connectivity index (χ1v) is 8.22. The van der Waals surface area contributed by atoms with Crippen LogP contribution in [-0.4, -0.2) is 63.7 Å². The summed E-state index contributed by atoms with van der Waals surface area (Å²) in [6, 6.07) is 9.70. The van der Waals surface area contributed by atoms with E-state index in [2.05, 4.69) is 15.5 Å². The molecular formula is C17H23N5O2. The Hall–Kier alpha value is -2.25. The van der Waals surface area contributed by atoms with E-state index in [0.29, 0.717) is 25.9 Å².